The molecular weight excluding hydrogens is 414 g/mol. The minimum Gasteiger partial charge on any atom is -0.452 e. The first-order chi connectivity index (χ1) is 14.1. The van der Waals surface area contributed by atoms with Crippen LogP contribution in [0.4, 0.5) is 5.69 Å². The van der Waals surface area contributed by atoms with Crippen LogP contribution in [0.1, 0.15) is 38.2 Å². The van der Waals surface area contributed by atoms with Gasteiger partial charge in [-0.1, -0.05) is 6.07 Å². The number of sulfonamides is 1. The van der Waals surface area contributed by atoms with E-state index < -0.39 is 32.9 Å². The van der Waals surface area contributed by atoms with Gasteiger partial charge < -0.3 is 10.1 Å². The summed E-state index contributed by atoms with van der Waals surface area (Å²) < 4.78 is 32.4. The number of rotatable bonds is 7. The van der Waals surface area contributed by atoms with Gasteiger partial charge in [0.1, 0.15) is 0 Å². The van der Waals surface area contributed by atoms with Gasteiger partial charge in [-0.2, -0.15) is 4.31 Å². The molecule has 1 N–H and O–H groups in total. The highest BCUT2D eigenvalue weighted by Gasteiger charge is 2.35. The first kappa shape index (κ1) is 22.2. The van der Waals surface area contributed by atoms with E-state index in [0.717, 1.165) is 18.9 Å². The van der Waals surface area contributed by atoms with Gasteiger partial charge in [-0.25, -0.2) is 8.42 Å². The molecule has 2 aliphatic rings. The quantitative estimate of drug-likeness (QED) is 0.386. The van der Waals surface area contributed by atoms with E-state index in [9.17, 15) is 28.1 Å². The van der Waals surface area contributed by atoms with E-state index in [0.29, 0.717) is 5.56 Å². The Morgan fingerprint density at radius 2 is 1.87 bits per heavy atom. The summed E-state index contributed by atoms with van der Waals surface area (Å²) in [6.45, 7) is 3.27. The number of hydrogen-bond donors (Lipinski definition) is 1. The van der Waals surface area contributed by atoms with Crippen molar-refractivity contribution in [3.63, 3.8) is 0 Å². The average Bonchev–Trinajstić information content (AvgIpc) is 3.52. The Hall–Kier alpha value is -2.53. The third-order valence-electron chi connectivity index (χ3n) is 5.37. The SMILES string of the molecule is Cc1ccc([N+](=O)[O-])cc1S(=O)(=O)N1CCC(C(=O)OC(C)C(=O)NC2CC2)CC1. The Balaban J connectivity index is 1.60. The molecule has 10 nitrogen and oxygen atoms in total. The summed E-state index contributed by atoms with van der Waals surface area (Å²) in [5, 5.41) is 13.8. The lowest BCUT2D eigenvalue weighted by Gasteiger charge is -2.30. The summed E-state index contributed by atoms with van der Waals surface area (Å²) in [5.41, 5.74) is 0.119. The largest absolute Gasteiger partial charge is 0.452 e. The summed E-state index contributed by atoms with van der Waals surface area (Å²) in [7, 11) is -3.93. The minimum atomic E-state index is -3.93. The van der Waals surface area contributed by atoms with Crippen molar-refractivity contribution < 1.29 is 27.7 Å². The maximum absolute atomic E-state index is 13.0. The van der Waals surface area contributed by atoms with Gasteiger partial charge in [0, 0.05) is 31.3 Å². The topological polar surface area (TPSA) is 136 Å². The predicted octanol–water partition coefficient (Wildman–Crippen LogP) is 1.51. The molecule has 1 aromatic carbocycles. The minimum absolute atomic E-state index is 0.0902. The molecule has 1 saturated heterocycles. The fourth-order valence-electron chi connectivity index (χ4n) is 3.32. The predicted molar refractivity (Wildman–Crippen MR) is 106 cm³/mol. The Morgan fingerprint density at radius 3 is 2.43 bits per heavy atom. The van der Waals surface area contributed by atoms with Crippen LogP contribution in [-0.4, -0.2) is 54.8 Å². The zero-order valence-corrected chi connectivity index (χ0v) is 17.7. The van der Waals surface area contributed by atoms with E-state index in [2.05, 4.69) is 5.32 Å². The number of hydrogen-bond acceptors (Lipinski definition) is 7. The van der Waals surface area contributed by atoms with Crippen molar-refractivity contribution in [3.8, 4) is 0 Å². The number of nitro groups is 1. The van der Waals surface area contributed by atoms with E-state index in [1.165, 1.54) is 23.4 Å². The number of ether oxygens (including phenoxy) is 1. The second-order valence-corrected chi connectivity index (χ2v) is 9.65. The molecule has 11 heteroatoms. The highest BCUT2D eigenvalue weighted by atomic mass is 32.2. The van der Waals surface area contributed by atoms with Crippen molar-refractivity contribution in [3.05, 3.63) is 33.9 Å². The number of nitrogens with zero attached hydrogens (tertiary/aromatic N) is 2. The number of aryl methyl sites for hydroxylation is 1. The molecule has 164 valence electrons. The second kappa shape index (κ2) is 8.68. The number of nitrogens with one attached hydrogen (secondary N) is 1. The molecule has 1 heterocycles. The van der Waals surface area contributed by atoms with Gasteiger partial charge >= 0.3 is 5.97 Å². The lowest BCUT2D eigenvalue weighted by molar-refractivity contribution is -0.385. The van der Waals surface area contributed by atoms with Crippen molar-refractivity contribution >= 4 is 27.6 Å². The number of carbonyl (C=O) groups is 2. The van der Waals surface area contributed by atoms with Crippen molar-refractivity contribution in [1.29, 1.82) is 0 Å². The van der Waals surface area contributed by atoms with Crippen LogP contribution in [0.15, 0.2) is 23.1 Å². The van der Waals surface area contributed by atoms with Crippen LogP contribution >= 0.6 is 0 Å². The molecule has 0 radical (unpaired) electrons. The van der Waals surface area contributed by atoms with Gasteiger partial charge in [0.15, 0.2) is 6.10 Å². The fraction of sp³-hybridized carbons (Fsp3) is 0.579. The Morgan fingerprint density at radius 1 is 1.23 bits per heavy atom. The van der Waals surface area contributed by atoms with Crippen LogP contribution in [0.25, 0.3) is 0 Å². The van der Waals surface area contributed by atoms with Crippen LogP contribution < -0.4 is 5.32 Å². The van der Waals surface area contributed by atoms with Gasteiger partial charge in [-0.3, -0.25) is 19.7 Å². The average molecular weight is 439 g/mol. The summed E-state index contributed by atoms with van der Waals surface area (Å²) in [6, 6.07) is 3.90. The maximum atomic E-state index is 13.0. The lowest BCUT2D eigenvalue weighted by atomic mass is 9.98. The zero-order valence-electron chi connectivity index (χ0n) is 16.9. The number of amides is 1. The van der Waals surface area contributed by atoms with Gasteiger partial charge in [-0.15, -0.1) is 0 Å². The molecule has 0 spiro atoms. The van der Waals surface area contributed by atoms with Crippen molar-refractivity contribution in [2.75, 3.05) is 13.1 Å². The first-order valence-corrected chi connectivity index (χ1v) is 11.3. The number of carbonyl (C=O) groups excluding carboxylic acids is 2. The normalized spacial score (nSPS) is 19.1. The molecule has 1 aliphatic heterocycles. The molecular formula is C19H25N3O7S. The number of nitro benzene ring substituents is 1. The number of non-ortho nitro benzene ring substituents is 1. The van der Waals surface area contributed by atoms with Crippen LogP contribution in [-0.2, 0) is 24.3 Å². The molecule has 1 aromatic rings. The number of piperidine rings is 1. The smallest absolute Gasteiger partial charge is 0.309 e. The summed E-state index contributed by atoms with van der Waals surface area (Å²) in [4.78, 5) is 34.6. The molecule has 0 bridgehead atoms. The molecule has 1 saturated carbocycles. The Kier molecular flexibility index (Phi) is 6.41. The number of benzene rings is 1. The summed E-state index contributed by atoms with van der Waals surface area (Å²) >= 11 is 0. The summed E-state index contributed by atoms with van der Waals surface area (Å²) in [5.74, 6) is -1.34. The van der Waals surface area contributed by atoms with Gasteiger partial charge in [0.05, 0.1) is 15.7 Å². The van der Waals surface area contributed by atoms with Crippen molar-refractivity contribution in [1.82, 2.24) is 9.62 Å². The fourth-order valence-corrected chi connectivity index (χ4v) is 5.04. The highest BCUT2D eigenvalue weighted by Crippen LogP contribution is 2.29. The van der Waals surface area contributed by atoms with E-state index in [-0.39, 0.29) is 48.5 Å². The molecule has 3 rings (SSSR count). The van der Waals surface area contributed by atoms with Crippen molar-refractivity contribution in [2.24, 2.45) is 5.92 Å². The molecule has 1 unspecified atom stereocenters. The first-order valence-electron chi connectivity index (χ1n) is 9.85. The van der Waals surface area contributed by atoms with E-state index in [4.69, 9.17) is 4.74 Å². The zero-order chi connectivity index (χ0) is 22.1. The molecule has 0 aromatic heterocycles. The molecule has 2 fully saturated rings. The maximum Gasteiger partial charge on any atom is 0.309 e. The molecule has 1 amide bonds. The van der Waals surface area contributed by atoms with Gasteiger partial charge in [-0.05, 0) is 45.1 Å². The van der Waals surface area contributed by atoms with Crippen LogP contribution in [0, 0.1) is 23.0 Å². The van der Waals surface area contributed by atoms with E-state index >= 15 is 0 Å². The summed E-state index contributed by atoms with van der Waals surface area (Å²) in [6.07, 6.45) is 1.48. The van der Waals surface area contributed by atoms with E-state index in [1.807, 2.05) is 0 Å². The molecule has 30 heavy (non-hydrogen) atoms. The molecule has 1 atom stereocenters. The highest BCUT2D eigenvalue weighted by molar-refractivity contribution is 7.89. The van der Waals surface area contributed by atoms with Crippen LogP contribution in [0.3, 0.4) is 0 Å². The number of esters is 1. The van der Waals surface area contributed by atoms with Crippen LogP contribution in [0.5, 0.6) is 0 Å². The third-order valence-corrected chi connectivity index (χ3v) is 7.41. The van der Waals surface area contributed by atoms with Crippen LogP contribution in [0.2, 0.25) is 0 Å². The van der Waals surface area contributed by atoms with Crippen molar-refractivity contribution in [2.45, 2.75) is 56.6 Å². The third kappa shape index (κ3) is 4.96. The lowest BCUT2D eigenvalue weighted by Crippen LogP contribution is -2.42. The Bertz CT molecular complexity index is 951. The molecule has 1 aliphatic carbocycles. The van der Waals surface area contributed by atoms with Gasteiger partial charge in [0.2, 0.25) is 10.0 Å². The van der Waals surface area contributed by atoms with Gasteiger partial charge in [0.25, 0.3) is 11.6 Å². The van der Waals surface area contributed by atoms with E-state index in [1.54, 1.807) is 6.92 Å². The monoisotopic (exact) mass is 439 g/mol. The Labute approximate surface area is 174 Å². The second-order valence-electron chi connectivity index (χ2n) is 7.75. The standard InChI is InChI=1S/C19H25N3O7S/c1-12-3-6-16(22(25)26)11-17(12)30(27,28)21-9-7-14(8-10-21)19(24)29-13(2)18(23)20-15-4-5-15/h3,6,11,13-15H,4-5,7-10H2,1-2H3,(H,20,23).